The standard InChI is InChI=1S/C17H37N3/c1-3-5-7-9-11-13-15-19-17(18)20-16-14-12-10-8-6-4-2/h3-16H2,1-2H3,(H3,18,19,20). The molecule has 0 fully saturated rings. The number of guanidine groups is 1. The fourth-order valence-electron chi connectivity index (χ4n) is 2.30. The second kappa shape index (κ2) is 16.3. The summed E-state index contributed by atoms with van der Waals surface area (Å²) in [5.74, 6) is 0.507. The largest absolute Gasteiger partial charge is 0.357 e. The second-order valence-electron chi connectivity index (χ2n) is 5.76. The van der Waals surface area contributed by atoms with Crippen molar-refractivity contribution < 1.29 is 0 Å². The first-order valence-corrected chi connectivity index (χ1v) is 8.87. The predicted molar refractivity (Wildman–Crippen MR) is 90.5 cm³/mol. The van der Waals surface area contributed by atoms with Gasteiger partial charge >= 0.3 is 0 Å². The molecule has 0 heterocycles. The summed E-state index contributed by atoms with van der Waals surface area (Å²) in [5, 5.41) is 14.1. The van der Waals surface area contributed by atoms with E-state index in [0.717, 1.165) is 13.1 Å². The van der Waals surface area contributed by atoms with E-state index in [0.29, 0.717) is 5.96 Å². The molecule has 3 N–H and O–H groups in total. The Hall–Kier alpha value is -0.730. The van der Waals surface area contributed by atoms with Crippen molar-refractivity contribution in [1.29, 1.82) is 5.41 Å². The molecule has 0 unspecified atom stereocenters. The first kappa shape index (κ1) is 19.3. The van der Waals surface area contributed by atoms with E-state index in [2.05, 4.69) is 24.5 Å². The third-order valence-electron chi connectivity index (χ3n) is 3.66. The zero-order chi connectivity index (χ0) is 14.9. The van der Waals surface area contributed by atoms with Crippen LogP contribution in [0.2, 0.25) is 0 Å². The molecule has 0 aromatic heterocycles. The smallest absolute Gasteiger partial charge is 0.188 e. The Labute approximate surface area is 126 Å². The van der Waals surface area contributed by atoms with Crippen LogP contribution in [0.25, 0.3) is 0 Å². The quantitative estimate of drug-likeness (QED) is 0.243. The van der Waals surface area contributed by atoms with Crippen LogP contribution < -0.4 is 10.6 Å². The van der Waals surface area contributed by atoms with Gasteiger partial charge in [-0.25, -0.2) is 0 Å². The van der Waals surface area contributed by atoms with Crippen LogP contribution in [-0.2, 0) is 0 Å². The van der Waals surface area contributed by atoms with Gasteiger partial charge < -0.3 is 10.6 Å². The van der Waals surface area contributed by atoms with E-state index in [9.17, 15) is 0 Å². The van der Waals surface area contributed by atoms with Crippen LogP contribution in [0.15, 0.2) is 0 Å². The van der Waals surface area contributed by atoms with Crippen molar-refractivity contribution in [3.05, 3.63) is 0 Å². The van der Waals surface area contributed by atoms with Crippen molar-refractivity contribution in [3.8, 4) is 0 Å². The fraction of sp³-hybridized carbons (Fsp3) is 0.941. The Kier molecular flexibility index (Phi) is 15.7. The third-order valence-corrected chi connectivity index (χ3v) is 3.66. The van der Waals surface area contributed by atoms with Gasteiger partial charge in [-0.1, -0.05) is 78.1 Å². The maximum absolute atomic E-state index is 7.76. The molecule has 0 bridgehead atoms. The highest BCUT2D eigenvalue weighted by Crippen LogP contribution is 2.04. The van der Waals surface area contributed by atoms with Crippen LogP contribution in [-0.4, -0.2) is 19.0 Å². The molecule has 0 saturated heterocycles. The monoisotopic (exact) mass is 283 g/mol. The molecule has 0 saturated carbocycles. The van der Waals surface area contributed by atoms with Crippen molar-refractivity contribution in [1.82, 2.24) is 10.6 Å². The number of rotatable bonds is 14. The van der Waals surface area contributed by atoms with E-state index in [1.54, 1.807) is 0 Å². The summed E-state index contributed by atoms with van der Waals surface area (Å²) >= 11 is 0. The Bertz CT molecular complexity index is 184. The third kappa shape index (κ3) is 15.3. The summed E-state index contributed by atoms with van der Waals surface area (Å²) < 4.78 is 0. The maximum atomic E-state index is 7.76. The highest BCUT2D eigenvalue weighted by atomic mass is 15.1. The molecule has 3 heteroatoms. The summed E-state index contributed by atoms with van der Waals surface area (Å²) in [7, 11) is 0. The number of hydrogen-bond acceptors (Lipinski definition) is 1. The highest BCUT2D eigenvalue weighted by Gasteiger charge is 1.95. The van der Waals surface area contributed by atoms with Gasteiger partial charge in [0.2, 0.25) is 0 Å². The summed E-state index contributed by atoms with van der Waals surface area (Å²) in [4.78, 5) is 0. The molecule has 3 nitrogen and oxygen atoms in total. The van der Waals surface area contributed by atoms with Gasteiger partial charge in [0.15, 0.2) is 5.96 Å². The van der Waals surface area contributed by atoms with Crippen LogP contribution in [0, 0.1) is 5.41 Å². The van der Waals surface area contributed by atoms with Crippen LogP contribution >= 0.6 is 0 Å². The highest BCUT2D eigenvalue weighted by molar-refractivity contribution is 5.76. The molecule has 0 spiro atoms. The zero-order valence-corrected chi connectivity index (χ0v) is 13.9. The zero-order valence-electron chi connectivity index (χ0n) is 13.9. The van der Waals surface area contributed by atoms with E-state index in [4.69, 9.17) is 5.41 Å². The molecule has 20 heavy (non-hydrogen) atoms. The summed E-state index contributed by atoms with van der Waals surface area (Å²) in [6.45, 7) is 6.37. The minimum absolute atomic E-state index is 0.507. The molecule has 0 aliphatic rings. The van der Waals surface area contributed by atoms with E-state index in [1.165, 1.54) is 77.0 Å². The Balaban J connectivity index is 3.13. The number of hydrogen-bond donors (Lipinski definition) is 3. The van der Waals surface area contributed by atoms with Gasteiger partial charge in [0.05, 0.1) is 0 Å². The van der Waals surface area contributed by atoms with Gasteiger partial charge in [-0.2, -0.15) is 0 Å². The molecular formula is C17H37N3. The number of unbranched alkanes of at least 4 members (excludes halogenated alkanes) is 10. The van der Waals surface area contributed by atoms with E-state index >= 15 is 0 Å². The summed E-state index contributed by atoms with van der Waals surface area (Å²) in [6.07, 6.45) is 15.7. The molecule has 0 aromatic rings. The minimum atomic E-state index is 0.507. The van der Waals surface area contributed by atoms with Gasteiger partial charge in [-0.15, -0.1) is 0 Å². The van der Waals surface area contributed by atoms with Crippen molar-refractivity contribution in [2.75, 3.05) is 13.1 Å². The van der Waals surface area contributed by atoms with Crippen molar-refractivity contribution in [2.24, 2.45) is 0 Å². The maximum Gasteiger partial charge on any atom is 0.188 e. The van der Waals surface area contributed by atoms with Gasteiger partial charge in [0.1, 0.15) is 0 Å². The first-order valence-electron chi connectivity index (χ1n) is 8.87. The molecule has 0 atom stereocenters. The minimum Gasteiger partial charge on any atom is -0.357 e. The Morgan fingerprint density at radius 1 is 0.600 bits per heavy atom. The van der Waals surface area contributed by atoms with Gasteiger partial charge in [0, 0.05) is 13.1 Å². The normalized spacial score (nSPS) is 10.5. The SMILES string of the molecule is CCCCCCCCNC(=N)NCCCCCCCC. The topological polar surface area (TPSA) is 47.9 Å². The summed E-state index contributed by atoms with van der Waals surface area (Å²) in [5.41, 5.74) is 0. The lowest BCUT2D eigenvalue weighted by Gasteiger charge is -2.10. The van der Waals surface area contributed by atoms with Crippen molar-refractivity contribution in [2.45, 2.75) is 90.9 Å². The molecule has 0 radical (unpaired) electrons. The molecular weight excluding hydrogens is 246 g/mol. The van der Waals surface area contributed by atoms with Crippen molar-refractivity contribution >= 4 is 5.96 Å². The van der Waals surface area contributed by atoms with Gasteiger partial charge in [-0.3, -0.25) is 5.41 Å². The van der Waals surface area contributed by atoms with Gasteiger partial charge in [0.25, 0.3) is 0 Å². The fourth-order valence-corrected chi connectivity index (χ4v) is 2.30. The second-order valence-corrected chi connectivity index (χ2v) is 5.76. The van der Waals surface area contributed by atoms with Crippen LogP contribution in [0.4, 0.5) is 0 Å². The van der Waals surface area contributed by atoms with E-state index in [1.807, 2.05) is 0 Å². The molecule has 0 aromatic carbocycles. The van der Waals surface area contributed by atoms with Crippen LogP contribution in [0.5, 0.6) is 0 Å². The molecule has 0 rings (SSSR count). The Morgan fingerprint density at radius 2 is 0.950 bits per heavy atom. The lowest BCUT2D eigenvalue weighted by molar-refractivity contribution is 0.589. The van der Waals surface area contributed by atoms with Gasteiger partial charge in [-0.05, 0) is 12.8 Å². The molecule has 0 amide bonds. The molecule has 120 valence electrons. The first-order chi connectivity index (χ1) is 9.81. The average molecular weight is 284 g/mol. The number of nitrogens with one attached hydrogen (secondary N) is 3. The lowest BCUT2D eigenvalue weighted by atomic mass is 10.1. The van der Waals surface area contributed by atoms with E-state index in [-0.39, 0.29) is 0 Å². The summed E-state index contributed by atoms with van der Waals surface area (Å²) in [6, 6.07) is 0. The van der Waals surface area contributed by atoms with E-state index < -0.39 is 0 Å². The molecule has 0 aliphatic heterocycles. The predicted octanol–water partition coefficient (Wildman–Crippen LogP) is 4.82. The lowest BCUT2D eigenvalue weighted by Crippen LogP contribution is -2.37. The van der Waals surface area contributed by atoms with Crippen LogP contribution in [0.3, 0.4) is 0 Å². The van der Waals surface area contributed by atoms with Crippen molar-refractivity contribution in [3.63, 3.8) is 0 Å². The average Bonchev–Trinajstić information content (AvgIpc) is 2.45. The van der Waals surface area contributed by atoms with Crippen LogP contribution in [0.1, 0.15) is 90.9 Å². The Morgan fingerprint density at radius 3 is 1.35 bits per heavy atom. The molecule has 0 aliphatic carbocycles.